The van der Waals surface area contributed by atoms with Crippen LogP contribution in [0.5, 0.6) is 5.75 Å². The van der Waals surface area contributed by atoms with Crippen molar-refractivity contribution in [1.29, 1.82) is 0 Å². The molecule has 0 aliphatic carbocycles. The minimum Gasteiger partial charge on any atom is -0.493 e. The summed E-state index contributed by atoms with van der Waals surface area (Å²) in [5.74, 6) is 0.710. The quantitative estimate of drug-likeness (QED) is 0.607. The van der Waals surface area contributed by atoms with E-state index in [2.05, 4.69) is 4.99 Å². The lowest BCUT2D eigenvalue weighted by Crippen LogP contribution is -2.28. The highest BCUT2D eigenvalue weighted by Crippen LogP contribution is 2.36. The van der Waals surface area contributed by atoms with Crippen LogP contribution < -0.4 is 4.74 Å². The molecule has 1 atom stereocenters. The summed E-state index contributed by atoms with van der Waals surface area (Å²) in [5.41, 5.74) is 0.0973. The van der Waals surface area contributed by atoms with Gasteiger partial charge in [0, 0.05) is 5.41 Å². The molecule has 1 heterocycles. The monoisotopic (exact) mass is 245 g/mol. The van der Waals surface area contributed by atoms with Gasteiger partial charge >= 0.3 is 0 Å². The predicted molar refractivity (Wildman–Crippen MR) is 66.6 cm³/mol. The van der Waals surface area contributed by atoms with Gasteiger partial charge in [-0.3, -0.25) is 4.79 Å². The zero-order valence-electron chi connectivity index (χ0n) is 10.3. The highest BCUT2D eigenvalue weighted by Gasteiger charge is 2.36. The minimum absolute atomic E-state index is 0.0664. The molecule has 18 heavy (non-hydrogen) atoms. The Morgan fingerprint density at radius 1 is 1.44 bits per heavy atom. The van der Waals surface area contributed by atoms with Gasteiger partial charge in [-0.1, -0.05) is 19.1 Å². The van der Waals surface area contributed by atoms with Crippen LogP contribution in [0.2, 0.25) is 0 Å². The average Bonchev–Trinajstić information content (AvgIpc) is 2.50. The summed E-state index contributed by atoms with van der Waals surface area (Å²) >= 11 is 0. The maximum atomic E-state index is 12.5. The van der Waals surface area contributed by atoms with Crippen molar-refractivity contribution in [3.05, 3.63) is 29.8 Å². The maximum absolute atomic E-state index is 12.5. The summed E-state index contributed by atoms with van der Waals surface area (Å²) in [5, 5.41) is 0. The van der Waals surface area contributed by atoms with Gasteiger partial charge in [0.1, 0.15) is 5.75 Å². The fraction of sp³-hybridized carbons (Fsp3) is 0.429. The molecule has 1 unspecified atom stereocenters. The second-order valence-electron chi connectivity index (χ2n) is 4.71. The molecule has 0 saturated carbocycles. The maximum Gasteiger partial charge on any atom is 0.234 e. The normalized spacial score (nSPS) is 22.4. The first-order valence-corrected chi connectivity index (χ1v) is 5.98. The van der Waals surface area contributed by atoms with Crippen molar-refractivity contribution in [2.75, 3.05) is 13.2 Å². The number of aliphatic imine (C=N–C) groups is 1. The molecule has 0 fully saturated rings. The average molecular weight is 245 g/mol. The molecule has 0 N–H and O–H groups in total. The highest BCUT2D eigenvalue weighted by molar-refractivity contribution is 6.02. The van der Waals surface area contributed by atoms with Crippen LogP contribution in [0, 0.1) is 5.41 Å². The topological polar surface area (TPSA) is 55.7 Å². The fourth-order valence-electron chi connectivity index (χ4n) is 2.19. The van der Waals surface area contributed by atoms with Gasteiger partial charge in [0.05, 0.1) is 18.7 Å². The summed E-state index contributed by atoms with van der Waals surface area (Å²) in [4.78, 5) is 26.2. The van der Waals surface area contributed by atoms with Crippen molar-refractivity contribution >= 4 is 11.9 Å². The second kappa shape index (κ2) is 5.15. The van der Waals surface area contributed by atoms with Crippen molar-refractivity contribution < 1.29 is 14.3 Å². The molecule has 0 spiro atoms. The SMILES string of the molecule is CC1(CCN=C=O)CCOc2ccccc2C1=O. The van der Waals surface area contributed by atoms with E-state index in [9.17, 15) is 9.59 Å². The summed E-state index contributed by atoms with van der Waals surface area (Å²) in [6.07, 6.45) is 2.68. The molecule has 1 aromatic carbocycles. The Bertz CT molecular complexity index is 506. The summed E-state index contributed by atoms with van der Waals surface area (Å²) in [6.45, 7) is 2.74. The lowest BCUT2D eigenvalue weighted by atomic mass is 9.77. The van der Waals surface area contributed by atoms with E-state index in [-0.39, 0.29) is 5.78 Å². The first kappa shape index (κ1) is 12.5. The van der Waals surface area contributed by atoms with Crippen molar-refractivity contribution in [2.45, 2.75) is 19.8 Å². The van der Waals surface area contributed by atoms with E-state index in [1.54, 1.807) is 6.07 Å². The molecule has 4 heteroatoms. The Hall–Kier alpha value is -1.93. The number of hydrogen-bond donors (Lipinski definition) is 0. The lowest BCUT2D eigenvalue weighted by Gasteiger charge is -2.24. The number of rotatable bonds is 3. The van der Waals surface area contributed by atoms with Gasteiger partial charge in [-0.05, 0) is 25.0 Å². The zero-order valence-corrected chi connectivity index (χ0v) is 10.3. The summed E-state index contributed by atoms with van der Waals surface area (Å²) in [7, 11) is 0. The smallest absolute Gasteiger partial charge is 0.234 e. The molecule has 1 aliphatic rings. The van der Waals surface area contributed by atoms with Gasteiger partial charge in [-0.15, -0.1) is 0 Å². The first-order chi connectivity index (χ1) is 8.67. The van der Waals surface area contributed by atoms with E-state index in [4.69, 9.17) is 4.74 Å². The number of benzene rings is 1. The number of fused-ring (bicyclic) bond motifs is 1. The van der Waals surface area contributed by atoms with Crippen LogP contribution in [0.25, 0.3) is 0 Å². The van der Waals surface area contributed by atoms with Crippen LogP contribution >= 0.6 is 0 Å². The Morgan fingerprint density at radius 2 is 2.22 bits per heavy atom. The van der Waals surface area contributed by atoms with Gasteiger partial charge in [0.2, 0.25) is 6.08 Å². The highest BCUT2D eigenvalue weighted by atomic mass is 16.5. The van der Waals surface area contributed by atoms with Gasteiger partial charge in [-0.25, -0.2) is 9.79 Å². The molecule has 4 nitrogen and oxygen atoms in total. The van der Waals surface area contributed by atoms with Crippen molar-refractivity contribution in [3.63, 3.8) is 0 Å². The van der Waals surface area contributed by atoms with Crippen LogP contribution in [0.15, 0.2) is 29.3 Å². The molecule has 1 aromatic rings. The molecule has 0 aromatic heterocycles. The number of para-hydroxylation sites is 1. The Balaban J connectivity index is 2.29. The number of carbonyl (C=O) groups excluding carboxylic acids is 2. The molecule has 0 bridgehead atoms. The van der Waals surface area contributed by atoms with Crippen molar-refractivity contribution in [1.82, 2.24) is 0 Å². The van der Waals surface area contributed by atoms with E-state index in [1.807, 2.05) is 25.1 Å². The third kappa shape index (κ3) is 2.34. The van der Waals surface area contributed by atoms with Crippen LogP contribution in [0.1, 0.15) is 30.1 Å². The number of Topliss-reactive ketones (excluding diaryl/α,β-unsaturated/α-hetero) is 1. The van der Waals surface area contributed by atoms with Crippen molar-refractivity contribution in [3.8, 4) is 5.75 Å². The van der Waals surface area contributed by atoms with E-state index >= 15 is 0 Å². The Labute approximate surface area is 106 Å². The third-order valence-corrected chi connectivity index (χ3v) is 3.43. The molecule has 94 valence electrons. The summed E-state index contributed by atoms with van der Waals surface area (Å²) < 4.78 is 5.59. The molecule has 1 aliphatic heterocycles. The van der Waals surface area contributed by atoms with E-state index in [0.717, 1.165) is 0 Å². The zero-order chi connectivity index (χ0) is 13.0. The Morgan fingerprint density at radius 3 is 3.00 bits per heavy atom. The number of ketones is 1. The number of carbonyl (C=O) groups is 1. The summed E-state index contributed by atoms with van der Waals surface area (Å²) in [6, 6.07) is 7.27. The molecule has 0 saturated heterocycles. The number of ether oxygens (including phenoxy) is 1. The van der Waals surface area contributed by atoms with Crippen LogP contribution in [0.4, 0.5) is 0 Å². The minimum atomic E-state index is -0.521. The van der Waals surface area contributed by atoms with Crippen LogP contribution in [-0.4, -0.2) is 25.0 Å². The molecule has 2 rings (SSSR count). The van der Waals surface area contributed by atoms with Crippen LogP contribution in [0.3, 0.4) is 0 Å². The second-order valence-corrected chi connectivity index (χ2v) is 4.71. The van der Waals surface area contributed by atoms with Crippen molar-refractivity contribution in [2.24, 2.45) is 10.4 Å². The lowest BCUT2D eigenvalue weighted by molar-refractivity contribution is 0.0788. The van der Waals surface area contributed by atoms with Gasteiger partial charge in [0.15, 0.2) is 5.78 Å². The Kier molecular flexibility index (Phi) is 3.58. The van der Waals surface area contributed by atoms with Gasteiger partial charge in [-0.2, -0.15) is 0 Å². The van der Waals surface area contributed by atoms with E-state index < -0.39 is 5.41 Å². The fourth-order valence-corrected chi connectivity index (χ4v) is 2.19. The molecular weight excluding hydrogens is 230 g/mol. The van der Waals surface area contributed by atoms with Crippen LogP contribution in [-0.2, 0) is 4.79 Å². The third-order valence-electron chi connectivity index (χ3n) is 3.43. The molecule has 0 amide bonds. The predicted octanol–water partition coefficient (Wildman–Crippen LogP) is 2.38. The van der Waals surface area contributed by atoms with Gasteiger partial charge in [0.25, 0.3) is 0 Å². The molecule has 0 radical (unpaired) electrons. The largest absolute Gasteiger partial charge is 0.493 e. The molecular formula is C14H15NO3. The van der Waals surface area contributed by atoms with Gasteiger partial charge < -0.3 is 4.74 Å². The van der Waals surface area contributed by atoms with E-state index in [0.29, 0.717) is 37.3 Å². The number of isocyanates is 1. The first-order valence-electron chi connectivity index (χ1n) is 5.98. The number of nitrogens with zero attached hydrogens (tertiary/aromatic N) is 1. The van der Waals surface area contributed by atoms with E-state index in [1.165, 1.54) is 6.08 Å². The number of hydrogen-bond acceptors (Lipinski definition) is 4. The standard InChI is InChI=1S/C14H15NO3/c1-14(6-8-15-10-16)7-9-18-12-5-3-2-4-11(12)13(14)17/h2-5H,6-9H2,1H3.